The van der Waals surface area contributed by atoms with Gasteiger partial charge < -0.3 is 10.5 Å². The van der Waals surface area contributed by atoms with Crippen LogP contribution >= 0.6 is 11.3 Å². The van der Waals surface area contributed by atoms with Crippen molar-refractivity contribution in [3.05, 3.63) is 68.5 Å². The van der Waals surface area contributed by atoms with E-state index >= 15 is 0 Å². The van der Waals surface area contributed by atoms with E-state index < -0.39 is 5.92 Å². The fraction of sp³-hybridized carbons (Fsp3) is 0.433. The van der Waals surface area contributed by atoms with Gasteiger partial charge in [-0.15, -0.1) is 11.3 Å². The molecule has 2 N–H and O–H groups in total. The molecule has 0 bridgehead atoms. The van der Waals surface area contributed by atoms with Crippen LogP contribution in [-0.2, 0) is 17.6 Å². The van der Waals surface area contributed by atoms with Crippen molar-refractivity contribution in [1.29, 1.82) is 5.26 Å². The van der Waals surface area contributed by atoms with E-state index in [4.69, 9.17) is 15.5 Å². The number of carbonyl (C=O) groups is 1. The van der Waals surface area contributed by atoms with Gasteiger partial charge in [-0.3, -0.25) is 9.69 Å². The van der Waals surface area contributed by atoms with E-state index in [0.717, 1.165) is 58.8 Å². The van der Waals surface area contributed by atoms with Crippen molar-refractivity contribution < 1.29 is 9.53 Å². The highest BCUT2D eigenvalue weighted by molar-refractivity contribution is 7.17. The molecule has 0 amide bonds. The highest BCUT2D eigenvalue weighted by Crippen LogP contribution is 2.55. The summed E-state index contributed by atoms with van der Waals surface area (Å²) in [5, 5.41) is 11.5. The number of ketones is 1. The predicted molar refractivity (Wildman–Crippen MR) is 147 cm³/mol. The third-order valence-electron chi connectivity index (χ3n) is 7.93. The molecule has 2 aliphatic carbocycles. The number of nitrogens with zero attached hydrogens (tertiary/aromatic N) is 3. The number of ether oxygens (including phenoxy) is 1. The first-order valence-electron chi connectivity index (χ1n) is 13.3. The van der Waals surface area contributed by atoms with Crippen molar-refractivity contribution in [2.24, 2.45) is 16.1 Å². The third-order valence-corrected chi connectivity index (χ3v) is 9.21. The maximum atomic E-state index is 13.9. The van der Waals surface area contributed by atoms with Crippen LogP contribution in [-0.4, -0.2) is 18.2 Å². The Labute approximate surface area is 222 Å². The number of anilines is 1. The number of nitrogens with two attached hydrogens (primary N) is 1. The summed E-state index contributed by atoms with van der Waals surface area (Å²) in [5.41, 5.74) is 11.9. The SMILES string of the molecule is CCOc1ccc([C@H]2C(C#N)=C3N=C(N)c4c(sc5c4CCCCC5)N3C3=C2C(=O)CC(C)(C)C3)cc1. The average Bonchev–Trinajstić information content (AvgIpc) is 3.06. The molecule has 0 saturated heterocycles. The zero-order valence-electron chi connectivity index (χ0n) is 21.7. The van der Waals surface area contributed by atoms with E-state index in [1.807, 2.05) is 31.2 Å². The molecule has 2 aliphatic heterocycles. The smallest absolute Gasteiger partial charge is 0.162 e. The lowest BCUT2D eigenvalue weighted by molar-refractivity contribution is -0.118. The van der Waals surface area contributed by atoms with E-state index in [1.54, 1.807) is 11.3 Å². The Morgan fingerprint density at radius 3 is 2.68 bits per heavy atom. The number of hydrogen-bond donors (Lipinski definition) is 1. The highest BCUT2D eigenvalue weighted by atomic mass is 32.1. The molecule has 1 atom stereocenters. The van der Waals surface area contributed by atoms with Crippen LogP contribution in [0.15, 0.2) is 51.9 Å². The largest absolute Gasteiger partial charge is 0.494 e. The molecule has 0 unspecified atom stereocenters. The third kappa shape index (κ3) is 3.81. The van der Waals surface area contributed by atoms with Crippen molar-refractivity contribution in [3.63, 3.8) is 0 Å². The molecule has 0 saturated carbocycles. The van der Waals surface area contributed by atoms with Gasteiger partial charge >= 0.3 is 0 Å². The number of nitriles is 1. The zero-order valence-corrected chi connectivity index (χ0v) is 22.5. The summed E-state index contributed by atoms with van der Waals surface area (Å²) >= 11 is 1.77. The Bertz CT molecular complexity index is 1430. The minimum absolute atomic E-state index is 0.110. The van der Waals surface area contributed by atoms with Crippen molar-refractivity contribution in [2.75, 3.05) is 11.5 Å². The van der Waals surface area contributed by atoms with Gasteiger partial charge in [0, 0.05) is 22.6 Å². The number of allylic oxidation sites excluding steroid dienone is 3. The molecule has 37 heavy (non-hydrogen) atoms. The monoisotopic (exact) mass is 512 g/mol. The lowest BCUT2D eigenvalue weighted by Crippen LogP contribution is -2.41. The lowest BCUT2D eigenvalue weighted by Gasteiger charge is -2.44. The minimum Gasteiger partial charge on any atom is -0.494 e. The number of carbonyl (C=O) groups excluding carboxylic acids is 1. The number of thiophene rings is 1. The zero-order chi connectivity index (χ0) is 25.9. The number of rotatable bonds is 3. The number of aryl methyl sites for hydroxylation is 1. The van der Waals surface area contributed by atoms with Gasteiger partial charge in [0.25, 0.3) is 0 Å². The quantitative estimate of drug-likeness (QED) is 0.501. The molecule has 2 aromatic rings. The first kappa shape index (κ1) is 24.0. The van der Waals surface area contributed by atoms with Gasteiger partial charge in [0.05, 0.1) is 29.7 Å². The molecule has 1 aromatic heterocycles. The van der Waals surface area contributed by atoms with Gasteiger partial charge in [-0.05, 0) is 67.7 Å². The summed E-state index contributed by atoms with van der Waals surface area (Å²) < 4.78 is 5.64. The van der Waals surface area contributed by atoms with Gasteiger partial charge in [-0.25, -0.2) is 4.99 Å². The van der Waals surface area contributed by atoms with Crippen molar-refractivity contribution in [1.82, 2.24) is 0 Å². The van der Waals surface area contributed by atoms with Crippen LogP contribution in [0.2, 0.25) is 0 Å². The topological polar surface area (TPSA) is 91.7 Å². The summed E-state index contributed by atoms with van der Waals surface area (Å²) in [4.78, 5) is 22.3. The van der Waals surface area contributed by atoms with E-state index in [-0.39, 0.29) is 11.2 Å². The van der Waals surface area contributed by atoms with Crippen LogP contribution in [0.5, 0.6) is 5.75 Å². The molecule has 6 nitrogen and oxygen atoms in total. The number of amidine groups is 1. The normalized spacial score (nSPS) is 22.3. The number of benzene rings is 1. The van der Waals surface area contributed by atoms with Crippen LogP contribution in [0, 0.1) is 16.7 Å². The van der Waals surface area contributed by atoms with E-state index in [1.165, 1.54) is 23.3 Å². The van der Waals surface area contributed by atoms with Gasteiger partial charge in [-0.2, -0.15) is 5.26 Å². The number of fused-ring (bicyclic) bond motifs is 6. The molecular weight excluding hydrogens is 480 g/mol. The number of aliphatic imine (C=N–C) groups is 1. The van der Waals surface area contributed by atoms with Crippen LogP contribution in [0.3, 0.4) is 0 Å². The second-order valence-electron chi connectivity index (χ2n) is 11.2. The maximum Gasteiger partial charge on any atom is 0.162 e. The standard InChI is InChI=1S/C30H32N4O2S/c1-4-36-18-12-10-17(11-13-18)24-20(16-31)28-33-27(32)25-19-8-6-5-7-9-23(19)37-29(25)34(28)21-14-30(2,3)15-22(35)26(21)24/h10-13,24H,4-9,14-15H2,1-3H3,(H2,32,33)/t24-/m0/s1. The van der Waals surface area contributed by atoms with Crippen LogP contribution < -0.4 is 15.4 Å². The number of hydrogen-bond acceptors (Lipinski definition) is 7. The molecule has 0 fully saturated rings. The van der Waals surface area contributed by atoms with Gasteiger partial charge in [0.2, 0.25) is 0 Å². The molecule has 4 aliphatic rings. The molecule has 6 rings (SSSR count). The molecular formula is C30H32N4O2S. The van der Waals surface area contributed by atoms with Crippen molar-refractivity contribution in [3.8, 4) is 11.8 Å². The maximum absolute atomic E-state index is 13.9. The summed E-state index contributed by atoms with van der Waals surface area (Å²) in [6.45, 7) is 6.83. The van der Waals surface area contributed by atoms with Gasteiger partial charge in [-0.1, -0.05) is 32.4 Å². The summed E-state index contributed by atoms with van der Waals surface area (Å²) in [6.07, 6.45) is 6.79. The van der Waals surface area contributed by atoms with Crippen molar-refractivity contribution in [2.45, 2.75) is 71.6 Å². The summed E-state index contributed by atoms with van der Waals surface area (Å²) in [7, 11) is 0. The first-order chi connectivity index (χ1) is 17.8. The minimum atomic E-state index is -0.471. The first-order valence-corrected chi connectivity index (χ1v) is 14.1. The molecule has 0 spiro atoms. The second kappa shape index (κ2) is 8.88. The molecule has 190 valence electrons. The molecule has 3 heterocycles. The molecule has 1 aromatic carbocycles. The summed E-state index contributed by atoms with van der Waals surface area (Å²) in [5.74, 6) is 1.47. The average molecular weight is 513 g/mol. The Morgan fingerprint density at radius 1 is 1.19 bits per heavy atom. The highest BCUT2D eigenvalue weighted by Gasteiger charge is 2.47. The second-order valence-corrected chi connectivity index (χ2v) is 12.2. The summed E-state index contributed by atoms with van der Waals surface area (Å²) in [6, 6.07) is 10.2. The Kier molecular flexibility index (Phi) is 5.76. The fourth-order valence-corrected chi connectivity index (χ4v) is 7.80. The Morgan fingerprint density at radius 2 is 1.95 bits per heavy atom. The molecule has 7 heteroatoms. The fourth-order valence-electron chi connectivity index (χ4n) is 6.37. The lowest BCUT2D eigenvalue weighted by atomic mass is 9.68. The van der Waals surface area contributed by atoms with Gasteiger partial charge in [0.1, 0.15) is 16.6 Å². The van der Waals surface area contributed by atoms with Gasteiger partial charge in [0.15, 0.2) is 11.6 Å². The van der Waals surface area contributed by atoms with Crippen molar-refractivity contribution >= 4 is 28.0 Å². The Balaban J connectivity index is 1.60. The molecule has 0 radical (unpaired) electrons. The van der Waals surface area contributed by atoms with Crippen LogP contribution in [0.25, 0.3) is 0 Å². The predicted octanol–water partition coefficient (Wildman–Crippen LogP) is 6.12. The van der Waals surface area contributed by atoms with E-state index in [9.17, 15) is 10.1 Å². The number of Topliss-reactive ketones (excluding diaryl/α,β-unsaturated/α-hetero) is 1. The van der Waals surface area contributed by atoms with Crippen LogP contribution in [0.4, 0.5) is 5.00 Å². The Hall–Kier alpha value is -3.37. The van der Waals surface area contributed by atoms with Crippen LogP contribution in [0.1, 0.15) is 80.4 Å². The van der Waals surface area contributed by atoms with E-state index in [0.29, 0.717) is 30.3 Å². The van der Waals surface area contributed by atoms with E-state index in [2.05, 4.69) is 24.8 Å².